The number of aromatic nitrogens is 2. The summed E-state index contributed by atoms with van der Waals surface area (Å²) < 4.78 is 0. The summed E-state index contributed by atoms with van der Waals surface area (Å²) in [6.07, 6.45) is 3.13. The van der Waals surface area contributed by atoms with Crippen LogP contribution in [0.2, 0.25) is 0 Å². The summed E-state index contributed by atoms with van der Waals surface area (Å²) in [5.74, 6) is -0.0150. The van der Waals surface area contributed by atoms with Gasteiger partial charge in [-0.2, -0.15) is 0 Å². The lowest BCUT2D eigenvalue weighted by molar-refractivity contribution is 0.0996. The zero-order valence-corrected chi connectivity index (χ0v) is 5.16. The fourth-order valence-electron chi connectivity index (χ4n) is 0.920. The second-order valence-corrected chi connectivity index (χ2v) is 2.06. The first-order chi connectivity index (χ1) is 4.88. The molecule has 1 aliphatic heterocycles. The first-order valence-corrected chi connectivity index (χ1v) is 2.94. The van der Waals surface area contributed by atoms with Crippen molar-refractivity contribution in [2.75, 3.05) is 6.54 Å². The summed E-state index contributed by atoms with van der Waals surface area (Å²) in [5.41, 5.74) is 1.23. The molecular formula is C6H5N3O. The van der Waals surface area contributed by atoms with Crippen molar-refractivity contribution in [3.8, 4) is 0 Å². The van der Waals surface area contributed by atoms with E-state index in [0.29, 0.717) is 5.69 Å². The molecule has 1 aliphatic rings. The van der Waals surface area contributed by atoms with Gasteiger partial charge in [0.25, 0.3) is 0 Å². The molecule has 1 N–H and O–H groups in total. The van der Waals surface area contributed by atoms with Crippen molar-refractivity contribution in [2.24, 2.45) is 4.99 Å². The number of nitrogens with one attached hydrogen (secondary N) is 1. The summed E-state index contributed by atoms with van der Waals surface area (Å²) in [5, 5.41) is 0. The van der Waals surface area contributed by atoms with Gasteiger partial charge in [0.15, 0.2) is 0 Å². The molecule has 0 radical (unpaired) electrons. The first kappa shape index (κ1) is 5.34. The van der Waals surface area contributed by atoms with E-state index in [0.717, 1.165) is 5.69 Å². The SMILES string of the molecule is O=C1CN=Cc2[nH]cnc21. The van der Waals surface area contributed by atoms with Crippen LogP contribution in [0.15, 0.2) is 11.3 Å². The average molecular weight is 135 g/mol. The fraction of sp³-hybridized carbons (Fsp3) is 0.167. The predicted octanol–water partition coefficient (Wildman–Crippen LogP) is 0.0249. The number of fused-ring (bicyclic) bond motifs is 1. The highest BCUT2D eigenvalue weighted by atomic mass is 16.1. The van der Waals surface area contributed by atoms with Crippen LogP contribution in [0, 0.1) is 0 Å². The minimum atomic E-state index is -0.0150. The normalized spacial score (nSPS) is 15.4. The standard InChI is InChI=1S/C6H5N3O/c10-5-2-7-1-4-6(5)9-3-8-4/h1,3H,2H2,(H,8,9). The van der Waals surface area contributed by atoms with Gasteiger partial charge in [0.1, 0.15) is 12.2 Å². The molecule has 0 saturated heterocycles. The maximum absolute atomic E-state index is 11.0. The number of carbonyl (C=O) groups excluding carboxylic acids is 1. The Morgan fingerprint density at radius 2 is 2.50 bits per heavy atom. The third kappa shape index (κ3) is 0.586. The van der Waals surface area contributed by atoms with Gasteiger partial charge in [-0.25, -0.2) is 4.98 Å². The molecule has 4 heteroatoms. The number of ketones is 1. The van der Waals surface area contributed by atoms with Gasteiger partial charge < -0.3 is 4.98 Å². The molecule has 10 heavy (non-hydrogen) atoms. The van der Waals surface area contributed by atoms with E-state index in [4.69, 9.17) is 0 Å². The lowest BCUT2D eigenvalue weighted by Gasteiger charge is -1.99. The van der Waals surface area contributed by atoms with Crippen LogP contribution in [0.5, 0.6) is 0 Å². The number of aromatic amines is 1. The van der Waals surface area contributed by atoms with Crippen molar-refractivity contribution >= 4 is 12.0 Å². The van der Waals surface area contributed by atoms with Crippen LogP contribution in [0.3, 0.4) is 0 Å². The maximum atomic E-state index is 11.0. The van der Waals surface area contributed by atoms with Gasteiger partial charge in [0, 0.05) is 6.21 Å². The smallest absolute Gasteiger partial charge is 0.204 e. The number of imidazole rings is 1. The van der Waals surface area contributed by atoms with Crippen LogP contribution in [-0.2, 0) is 0 Å². The number of rotatable bonds is 0. The van der Waals surface area contributed by atoms with E-state index >= 15 is 0 Å². The van der Waals surface area contributed by atoms with Crippen LogP contribution in [-0.4, -0.2) is 28.5 Å². The molecule has 50 valence electrons. The van der Waals surface area contributed by atoms with E-state index in [1.165, 1.54) is 6.33 Å². The Hall–Kier alpha value is -1.45. The molecule has 2 rings (SSSR count). The number of hydrogen-bond acceptors (Lipinski definition) is 3. The van der Waals surface area contributed by atoms with Gasteiger partial charge in [-0.3, -0.25) is 9.79 Å². The summed E-state index contributed by atoms with van der Waals surface area (Å²) in [6, 6.07) is 0. The van der Waals surface area contributed by atoms with Crippen LogP contribution in [0.1, 0.15) is 16.2 Å². The topological polar surface area (TPSA) is 58.1 Å². The minimum Gasteiger partial charge on any atom is -0.343 e. The summed E-state index contributed by atoms with van der Waals surface area (Å²) in [4.78, 5) is 21.4. The molecular weight excluding hydrogens is 130 g/mol. The van der Waals surface area contributed by atoms with Crippen LogP contribution in [0.4, 0.5) is 0 Å². The van der Waals surface area contributed by atoms with Crippen molar-refractivity contribution in [3.63, 3.8) is 0 Å². The molecule has 0 fully saturated rings. The predicted molar refractivity (Wildman–Crippen MR) is 35.4 cm³/mol. The molecule has 0 amide bonds. The highest BCUT2D eigenvalue weighted by Crippen LogP contribution is 2.05. The number of H-pyrrole nitrogens is 1. The third-order valence-corrected chi connectivity index (χ3v) is 1.39. The van der Waals surface area contributed by atoms with E-state index in [9.17, 15) is 4.79 Å². The van der Waals surface area contributed by atoms with E-state index in [1.54, 1.807) is 6.21 Å². The Morgan fingerprint density at radius 3 is 3.30 bits per heavy atom. The van der Waals surface area contributed by atoms with Crippen molar-refractivity contribution in [1.82, 2.24) is 9.97 Å². The molecule has 0 bridgehead atoms. The lowest BCUT2D eigenvalue weighted by Crippen LogP contribution is -2.11. The summed E-state index contributed by atoms with van der Waals surface area (Å²) >= 11 is 0. The largest absolute Gasteiger partial charge is 0.343 e. The van der Waals surface area contributed by atoms with Crippen LogP contribution < -0.4 is 0 Å². The minimum absolute atomic E-state index is 0.0150. The number of aliphatic imine (C=N–C) groups is 1. The van der Waals surface area contributed by atoms with Gasteiger partial charge in [0.2, 0.25) is 5.78 Å². The number of nitrogens with zero attached hydrogens (tertiary/aromatic N) is 2. The molecule has 1 aromatic rings. The molecule has 4 nitrogen and oxygen atoms in total. The molecule has 1 aromatic heterocycles. The zero-order chi connectivity index (χ0) is 6.97. The second kappa shape index (κ2) is 1.76. The number of hydrogen-bond donors (Lipinski definition) is 1. The second-order valence-electron chi connectivity index (χ2n) is 2.06. The van der Waals surface area contributed by atoms with E-state index in [-0.39, 0.29) is 12.3 Å². The van der Waals surface area contributed by atoms with E-state index in [1.807, 2.05) is 0 Å². The van der Waals surface area contributed by atoms with E-state index in [2.05, 4.69) is 15.0 Å². The summed E-state index contributed by atoms with van der Waals surface area (Å²) in [7, 11) is 0. The Kier molecular flexibility index (Phi) is 0.943. The maximum Gasteiger partial charge on any atom is 0.204 e. The highest BCUT2D eigenvalue weighted by molar-refractivity contribution is 6.05. The van der Waals surface area contributed by atoms with E-state index < -0.39 is 0 Å². The Labute approximate surface area is 57.0 Å². The third-order valence-electron chi connectivity index (χ3n) is 1.39. The molecule has 2 heterocycles. The van der Waals surface area contributed by atoms with Crippen molar-refractivity contribution in [2.45, 2.75) is 0 Å². The molecule has 0 unspecified atom stereocenters. The van der Waals surface area contributed by atoms with Gasteiger partial charge in [0.05, 0.1) is 12.0 Å². The molecule has 0 aliphatic carbocycles. The quantitative estimate of drug-likeness (QED) is 0.545. The first-order valence-electron chi connectivity index (χ1n) is 2.94. The number of carbonyl (C=O) groups is 1. The molecule has 0 aromatic carbocycles. The van der Waals surface area contributed by atoms with Crippen LogP contribution >= 0.6 is 0 Å². The van der Waals surface area contributed by atoms with Crippen molar-refractivity contribution in [3.05, 3.63) is 17.7 Å². The fourth-order valence-corrected chi connectivity index (χ4v) is 0.920. The lowest BCUT2D eigenvalue weighted by atomic mass is 10.2. The zero-order valence-electron chi connectivity index (χ0n) is 5.16. The van der Waals surface area contributed by atoms with Gasteiger partial charge in [-0.05, 0) is 0 Å². The van der Waals surface area contributed by atoms with Gasteiger partial charge >= 0.3 is 0 Å². The molecule has 0 atom stereocenters. The molecule has 0 spiro atoms. The van der Waals surface area contributed by atoms with Crippen molar-refractivity contribution < 1.29 is 4.79 Å². The summed E-state index contributed by atoms with van der Waals surface area (Å²) in [6.45, 7) is 0.234. The van der Waals surface area contributed by atoms with Crippen molar-refractivity contribution in [1.29, 1.82) is 0 Å². The number of Topliss-reactive ketones (excluding diaryl/α,β-unsaturated/α-hetero) is 1. The Balaban J connectivity index is 2.62. The Morgan fingerprint density at radius 1 is 1.60 bits per heavy atom. The van der Waals surface area contributed by atoms with Crippen LogP contribution in [0.25, 0.3) is 0 Å². The monoisotopic (exact) mass is 135 g/mol. The van der Waals surface area contributed by atoms with Gasteiger partial charge in [-0.1, -0.05) is 0 Å². The highest BCUT2D eigenvalue weighted by Gasteiger charge is 2.15. The Bertz CT molecular complexity index is 300. The molecule has 0 saturated carbocycles. The average Bonchev–Trinajstić information content (AvgIpc) is 2.36. The van der Waals surface area contributed by atoms with Gasteiger partial charge in [-0.15, -0.1) is 0 Å².